The summed E-state index contributed by atoms with van der Waals surface area (Å²) >= 11 is 0. The molecule has 0 unspecified atom stereocenters. The van der Waals surface area contributed by atoms with Gasteiger partial charge in [0.05, 0.1) is 38.1 Å². The first-order chi connectivity index (χ1) is 24.6. The standard InChI is InChI=1S/C36H32F6N4O6/c1-46-14-13-18-15-26(49-2)31(51-4)30-28(18)25(46)16-23-24(45-33(47)43-21-9-5-19(6-10-21)35(37,38)39)17-27(50-3)32(29(23)30)52-34(48)44-22-11-7-20(8-12-22)36(40,41)42/h5-12,15,17,25H,13-14,16H2,1-4H3,(H,44,48)(H2,43,45,47)/t25-/m0/s1. The Bertz CT molecular complexity index is 2020. The number of ether oxygens (including phenoxy) is 4. The fourth-order valence-electron chi connectivity index (χ4n) is 6.55. The highest BCUT2D eigenvalue weighted by Crippen LogP contribution is 2.58. The number of fused-ring (bicyclic) bond motifs is 2. The number of carbonyl (C=O) groups is 2. The molecule has 1 aliphatic heterocycles. The molecule has 274 valence electrons. The summed E-state index contributed by atoms with van der Waals surface area (Å²) in [4.78, 5) is 28.9. The topological polar surface area (TPSA) is 110 Å². The van der Waals surface area contributed by atoms with Gasteiger partial charge in [0, 0.05) is 41.2 Å². The van der Waals surface area contributed by atoms with E-state index in [0.717, 1.165) is 59.7 Å². The Morgan fingerprint density at radius 3 is 1.83 bits per heavy atom. The van der Waals surface area contributed by atoms with Crippen molar-refractivity contribution in [1.82, 2.24) is 4.90 Å². The van der Waals surface area contributed by atoms with Crippen LogP contribution in [0.2, 0.25) is 0 Å². The van der Waals surface area contributed by atoms with E-state index in [0.29, 0.717) is 47.6 Å². The van der Waals surface area contributed by atoms with E-state index < -0.39 is 35.6 Å². The van der Waals surface area contributed by atoms with Crippen LogP contribution in [0.5, 0.6) is 23.0 Å². The number of methoxy groups -OCH3 is 3. The van der Waals surface area contributed by atoms with Gasteiger partial charge in [-0.05, 0) is 91.2 Å². The lowest BCUT2D eigenvalue weighted by Crippen LogP contribution is -2.36. The summed E-state index contributed by atoms with van der Waals surface area (Å²) in [6.07, 6.45) is -9.22. The van der Waals surface area contributed by atoms with Gasteiger partial charge in [-0.1, -0.05) is 0 Å². The first kappa shape index (κ1) is 36.2. The second-order valence-corrected chi connectivity index (χ2v) is 12.1. The molecule has 0 spiro atoms. The van der Waals surface area contributed by atoms with Crippen molar-refractivity contribution in [2.45, 2.75) is 31.2 Å². The minimum atomic E-state index is -4.57. The van der Waals surface area contributed by atoms with Crippen LogP contribution in [0.3, 0.4) is 0 Å². The van der Waals surface area contributed by atoms with Crippen LogP contribution in [0.4, 0.5) is 53.0 Å². The van der Waals surface area contributed by atoms with Crippen LogP contribution >= 0.6 is 0 Å². The summed E-state index contributed by atoms with van der Waals surface area (Å²) in [6, 6.07) is 10.0. The van der Waals surface area contributed by atoms with Crippen molar-refractivity contribution in [1.29, 1.82) is 0 Å². The second kappa shape index (κ2) is 13.8. The average Bonchev–Trinajstić information content (AvgIpc) is 3.09. The zero-order chi connectivity index (χ0) is 37.5. The number of carbonyl (C=O) groups excluding carboxylic acids is 2. The molecule has 0 bridgehead atoms. The number of urea groups is 1. The van der Waals surface area contributed by atoms with Crippen molar-refractivity contribution >= 4 is 29.2 Å². The number of amides is 3. The third kappa shape index (κ3) is 6.97. The second-order valence-electron chi connectivity index (χ2n) is 12.1. The first-order valence-electron chi connectivity index (χ1n) is 15.8. The number of nitrogens with zero attached hydrogens (tertiary/aromatic N) is 1. The van der Waals surface area contributed by atoms with Gasteiger partial charge in [0.25, 0.3) is 0 Å². The number of rotatable bonds is 7. The lowest BCUT2D eigenvalue weighted by molar-refractivity contribution is -0.138. The van der Waals surface area contributed by atoms with E-state index in [9.17, 15) is 35.9 Å². The molecule has 0 saturated heterocycles. The third-order valence-corrected chi connectivity index (χ3v) is 8.99. The van der Waals surface area contributed by atoms with Crippen molar-refractivity contribution in [3.05, 3.63) is 88.5 Å². The molecular formula is C36H32F6N4O6. The Morgan fingerprint density at radius 1 is 0.731 bits per heavy atom. The maximum Gasteiger partial charge on any atom is 0.417 e. The number of likely N-dealkylation sites (N-methyl/N-ethyl adjacent to an activating group) is 1. The smallest absolute Gasteiger partial charge is 0.417 e. The molecule has 0 saturated carbocycles. The quantitative estimate of drug-likeness (QED) is 0.163. The zero-order valence-corrected chi connectivity index (χ0v) is 28.1. The molecule has 52 heavy (non-hydrogen) atoms. The minimum absolute atomic E-state index is 0.00705. The van der Waals surface area contributed by atoms with Crippen LogP contribution in [0.25, 0.3) is 11.1 Å². The van der Waals surface area contributed by atoms with E-state index in [1.165, 1.54) is 27.4 Å². The van der Waals surface area contributed by atoms with Crippen LogP contribution < -0.4 is 34.9 Å². The molecule has 4 aromatic carbocycles. The Morgan fingerprint density at radius 2 is 1.29 bits per heavy atom. The third-order valence-electron chi connectivity index (χ3n) is 8.99. The van der Waals surface area contributed by atoms with Gasteiger partial charge >= 0.3 is 24.5 Å². The van der Waals surface area contributed by atoms with Crippen molar-refractivity contribution in [3.8, 4) is 34.1 Å². The molecule has 1 aliphatic carbocycles. The van der Waals surface area contributed by atoms with Gasteiger partial charge in [0.2, 0.25) is 0 Å². The predicted octanol–water partition coefficient (Wildman–Crippen LogP) is 8.76. The zero-order valence-electron chi connectivity index (χ0n) is 28.1. The molecule has 1 heterocycles. The fourth-order valence-corrected chi connectivity index (χ4v) is 6.55. The molecule has 3 amide bonds. The lowest BCUT2D eigenvalue weighted by Gasteiger charge is -2.41. The number of halogens is 6. The maximum atomic E-state index is 13.4. The fraction of sp³-hybridized carbons (Fsp3) is 0.278. The molecular weight excluding hydrogens is 698 g/mol. The van der Waals surface area contributed by atoms with Crippen molar-refractivity contribution < 1.29 is 54.9 Å². The van der Waals surface area contributed by atoms with E-state index in [-0.39, 0.29) is 34.6 Å². The van der Waals surface area contributed by atoms with Gasteiger partial charge < -0.3 is 29.6 Å². The van der Waals surface area contributed by atoms with Crippen molar-refractivity contribution in [2.75, 3.05) is 50.9 Å². The van der Waals surface area contributed by atoms with E-state index in [1.807, 2.05) is 13.1 Å². The Hall–Kier alpha value is -5.64. The molecule has 6 rings (SSSR count). The molecule has 0 radical (unpaired) electrons. The lowest BCUT2D eigenvalue weighted by atomic mass is 9.75. The Balaban J connectivity index is 1.45. The predicted molar refractivity (Wildman–Crippen MR) is 179 cm³/mol. The van der Waals surface area contributed by atoms with Crippen LogP contribution in [0, 0.1) is 0 Å². The van der Waals surface area contributed by atoms with Crippen LogP contribution in [-0.4, -0.2) is 51.9 Å². The Kier molecular flexibility index (Phi) is 9.61. The normalized spacial score (nSPS) is 15.2. The molecule has 2 aliphatic rings. The molecule has 0 aromatic heterocycles. The number of anilines is 3. The van der Waals surface area contributed by atoms with Crippen molar-refractivity contribution in [2.24, 2.45) is 0 Å². The summed E-state index contributed by atoms with van der Waals surface area (Å²) in [7, 11) is 6.19. The van der Waals surface area contributed by atoms with Crippen LogP contribution in [-0.2, 0) is 25.2 Å². The summed E-state index contributed by atoms with van der Waals surface area (Å²) in [5, 5.41) is 7.75. The van der Waals surface area contributed by atoms with Gasteiger partial charge in [-0.25, -0.2) is 9.59 Å². The van der Waals surface area contributed by atoms with Gasteiger partial charge in [0.1, 0.15) is 0 Å². The maximum absolute atomic E-state index is 13.4. The number of benzene rings is 4. The molecule has 1 atom stereocenters. The van der Waals surface area contributed by atoms with Gasteiger partial charge in [-0.2, -0.15) is 26.3 Å². The SMILES string of the molecule is COc1cc(NC(=O)Nc2ccc(C(F)(F)F)cc2)c2c(c1OC(=O)Nc1ccc(C(F)(F)F)cc1)-c1c(OC)c(OC)cc3c1[C@H](C2)N(C)CC3. The summed E-state index contributed by atoms with van der Waals surface area (Å²) in [5.41, 5.74) is 1.76. The Labute approximate surface area is 293 Å². The van der Waals surface area contributed by atoms with Crippen LogP contribution in [0.1, 0.15) is 33.9 Å². The molecule has 3 N–H and O–H groups in total. The summed E-state index contributed by atoms with van der Waals surface area (Å²) < 4.78 is 102. The highest BCUT2D eigenvalue weighted by atomic mass is 19.4. The number of hydrogen-bond donors (Lipinski definition) is 3. The molecule has 16 heteroatoms. The number of hydrogen-bond acceptors (Lipinski definition) is 7. The van der Waals surface area contributed by atoms with Crippen molar-refractivity contribution in [3.63, 3.8) is 0 Å². The summed E-state index contributed by atoms with van der Waals surface area (Å²) in [6.45, 7) is 0.689. The number of alkyl halides is 6. The first-order valence-corrected chi connectivity index (χ1v) is 15.8. The monoisotopic (exact) mass is 730 g/mol. The van der Waals surface area contributed by atoms with E-state index >= 15 is 0 Å². The van der Waals surface area contributed by atoms with Gasteiger partial charge in [-0.3, -0.25) is 10.2 Å². The highest BCUT2D eigenvalue weighted by molar-refractivity contribution is 6.03. The molecule has 4 aromatic rings. The van der Waals surface area contributed by atoms with Gasteiger partial charge in [-0.15, -0.1) is 0 Å². The van der Waals surface area contributed by atoms with Crippen LogP contribution in [0.15, 0.2) is 60.7 Å². The minimum Gasteiger partial charge on any atom is -0.493 e. The van der Waals surface area contributed by atoms with Gasteiger partial charge in [0.15, 0.2) is 23.0 Å². The van der Waals surface area contributed by atoms with E-state index in [2.05, 4.69) is 20.9 Å². The highest BCUT2D eigenvalue weighted by Gasteiger charge is 2.41. The number of nitrogens with one attached hydrogen (secondary N) is 3. The largest absolute Gasteiger partial charge is 0.493 e. The van der Waals surface area contributed by atoms with E-state index in [1.54, 1.807) is 0 Å². The molecule has 0 fully saturated rings. The molecule has 10 nitrogen and oxygen atoms in total. The summed E-state index contributed by atoms with van der Waals surface area (Å²) in [5.74, 6) is 0.622. The van der Waals surface area contributed by atoms with E-state index in [4.69, 9.17) is 18.9 Å². The average molecular weight is 731 g/mol.